The van der Waals surface area contributed by atoms with Gasteiger partial charge in [0, 0.05) is 12.6 Å². The Kier molecular flexibility index (Phi) is 6.53. The summed E-state index contributed by atoms with van der Waals surface area (Å²) in [6, 6.07) is 8.96. The Morgan fingerprint density at radius 1 is 1.21 bits per heavy atom. The van der Waals surface area contributed by atoms with Gasteiger partial charge in [-0.25, -0.2) is 0 Å². The average Bonchev–Trinajstić information content (AvgIpc) is 2.36. The molecule has 2 heteroatoms. The lowest BCUT2D eigenvalue weighted by molar-refractivity contribution is -0.0380. The van der Waals surface area contributed by atoms with E-state index in [4.69, 9.17) is 4.74 Å². The molecule has 0 bridgehead atoms. The third-order valence-electron chi connectivity index (χ3n) is 3.68. The molecule has 0 saturated heterocycles. The number of ether oxygens (including phenoxy) is 1. The van der Waals surface area contributed by atoms with Gasteiger partial charge in [0.15, 0.2) is 0 Å². The second-order valence-electron chi connectivity index (χ2n) is 5.67. The standard InChI is InChI=1S/C17H29NO/c1-6-12-18-16(17(4,5)19-7-2)13-15-11-9-8-10-14(15)3/h8-11,16,18H,6-7,12-13H2,1-5H3. The van der Waals surface area contributed by atoms with Crippen LogP contribution in [0.5, 0.6) is 0 Å². The van der Waals surface area contributed by atoms with Crippen molar-refractivity contribution in [3.05, 3.63) is 35.4 Å². The third-order valence-corrected chi connectivity index (χ3v) is 3.68. The Morgan fingerprint density at radius 2 is 1.89 bits per heavy atom. The van der Waals surface area contributed by atoms with Gasteiger partial charge in [-0.3, -0.25) is 0 Å². The Morgan fingerprint density at radius 3 is 2.47 bits per heavy atom. The highest BCUT2D eigenvalue weighted by Crippen LogP contribution is 2.20. The Balaban J connectivity index is 2.82. The van der Waals surface area contributed by atoms with E-state index in [1.807, 2.05) is 0 Å². The van der Waals surface area contributed by atoms with E-state index in [9.17, 15) is 0 Å². The fourth-order valence-corrected chi connectivity index (χ4v) is 2.41. The Bertz CT molecular complexity index is 373. The minimum atomic E-state index is -0.147. The summed E-state index contributed by atoms with van der Waals surface area (Å²) in [7, 11) is 0. The number of hydrogen-bond acceptors (Lipinski definition) is 2. The summed E-state index contributed by atoms with van der Waals surface area (Å²) < 4.78 is 5.94. The van der Waals surface area contributed by atoms with Crippen molar-refractivity contribution < 1.29 is 4.74 Å². The number of nitrogens with one attached hydrogen (secondary N) is 1. The van der Waals surface area contributed by atoms with Crippen LogP contribution in [0.2, 0.25) is 0 Å². The van der Waals surface area contributed by atoms with Crippen LogP contribution in [-0.2, 0) is 11.2 Å². The zero-order valence-corrected chi connectivity index (χ0v) is 13.1. The first-order valence-corrected chi connectivity index (χ1v) is 7.43. The van der Waals surface area contributed by atoms with Gasteiger partial charge < -0.3 is 10.1 Å². The molecular weight excluding hydrogens is 234 g/mol. The third kappa shape index (κ3) is 4.96. The van der Waals surface area contributed by atoms with Crippen molar-refractivity contribution in [1.29, 1.82) is 0 Å². The lowest BCUT2D eigenvalue weighted by atomic mass is 9.90. The summed E-state index contributed by atoms with van der Waals surface area (Å²) in [6.07, 6.45) is 2.16. The molecule has 0 fully saturated rings. The molecule has 1 unspecified atom stereocenters. The Hall–Kier alpha value is -0.860. The van der Waals surface area contributed by atoms with Gasteiger partial charge in [0.2, 0.25) is 0 Å². The summed E-state index contributed by atoms with van der Waals surface area (Å²) in [6.45, 7) is 12.6. The maximum Gasteiger partial charge on any atom is 0.0781 e. The first-order chi connectivity index (χ1) is 9.01. The van der Waals surface area contributed by atoms with Gasteiger partial charge in [0.25, 0.3) is 0 Å². The van der Waals surface area contributed by atoms with Crippen LogP contribution in [-0.4, -0.2) is 24.8 Å². The number of benzene rings is 1. The van der Waals surface area contributed by atoms with Gasteiger partial charge in [-0.15, -0.1) is 0 Å². The smallest absolute Gasteiger partial charge is 0.0781 e. The summed E-state index contributed by atoms with van der Waals surface area (Å²) in [4.78, 5) is 0. The first kappa shape index (κ1) is 16.2. The van der Waals surface area contributed by atoms with E-state index in [1.54, 1.807) is 0 Å². The van der Waals surface area contributed by atoms with Crippen molar-refractivity contribution in [2.24, 2.45) is 0 Å². The monoisotopic (exact) mass is 263 g/mol. The van der Waals surface area contributed by atoms with Crippen LogP contribution < -0.4 is 5.32 Å². The van der Waals surface area contributed by atoms with Crippen LogP contribution in [0.25, 0.3) is 0 Å². The van der Waals surface area contributed by atoms with Gasteiger partial charge in [-0.2, -0.15) is 0 Å². The minimum Gasteiger partial charge on any atom is -0.374 e. The highest BCUT2D eigenvalue weighted by Gasteiger charge is 2.29. The van der Waals surface area contributed by atoms with Gasteiger partial charge in [0.1, 0.15) is 0 Å². The highest BCUT2D eigenvalue weighted by molar-refractivity contribution is 5.26. The molecule has 108 valence electrons. The van der Waals surface area contributed by atoms with Crippen LogP contribution in [0.15, 0.2) is 24.3 Å². The van der Waals surface area contributed by atoms with Gasteiger partial charge in [0.05, 0.1) is 5.60 Å². The lowest BCUT2D eigenvalue weighted by Crippen LogP contribution is -2.50. The molecule has 1 aromatic carbocycles. The topological polar surface area (TPSA) is 21.3 Å². The molecule has 1 rings (SSSR count). The van der Waals surface area contributed by atoms with E-state index in [2.05, 4.69) is 64.2 Å². The zero-order chi connectivity index (χ0) is 14.3. The second-order valence-corrected chi connectivity index (χ2v) is 5.67. The van der Waals surface area contributed by atoms with Crippen LogP contribution >= 0.6 is 0 Å². The Labute approximate surface area is 118 Å². The van der Waals surface area contributed by atoms with Crippen LogP contribution in [0.4, 0.5) is 0 Å². The zero-order valence-electron chi connectivity index (χ0n) is 13.1. The molecule has 0 aliphatic carbocycles. The van der Waals surface area contributed by atoms with Crippen molar-refractivity contribution >= 4 is 0 Å². The molecule has 1 atom stereocenters. The molecule has 1 N–H and O–H groups in total. The predicted molar refractivity (Wildman–Crippen MR) is 82.7 cm³/mol. The quantitative estimate of drug-likeness (QED) is 0.772. The average molecular weight is 263 g/mol. The van der Waals surface area contributed by atoms with Crippen molar-refractivity contribution in [3.8, 4) is 0 Å². The molecule has 1 aromatic rings. The van der Waals surface area contributed by atoms with Crippen molar-refractivity contribution in [2.75, 3.05) is 13.2 Å². The molecule has 19 heavy (non-hydrogen) atoms. The fraction of sp³-hybridized carbons (Fsp3) is 0.647. The van der Waals surface area contributed by atoms with Crippen molar-refractivity contribution in [1.82, 2.24) is 5.32 Å². The molecule has 0 aliphatic rings. The van der Waals surface area contributed by atoms with Gasteiger partial charge in [-0.1, -0.05) is 31.2 Å². The summed E-state index contributed by atoms with van der Waals surface area (Å²) >= 11 is 0. The van der Waals surface area contributed by atoms with E-state index >= 15 is 0 Å². The van der Waals surface area contributed by atoms with Gasteiger partial charge >= 0.3 is 0 Å². The van der Waals surface area contributed by atoms with E-state index in [1.165, 1.54) is 11.1 Å². The van der Waals surface area contributed by atoms with E-state index in [0.717, 1.165) is 26.0 Å². The lowest BCUT2D eigenvalue weighted by Gasteiger charge is -2.35. The minimum absolute atomic E-state index is 0.147. The molecule has 0 amide bonds. The normalized spacial score (nSPS) is 13.5. The van der Waals surface area contributed by atoms with Crippen LogP contribution in [0.1, 0.15) is 45.2 Å². The molecular formula is C17H29NO. The second kappa shape index (κ2) is 7.66. The molecule has 0 aliphatic heterocycles. The molecule has 0 spiro atoms. The molecule has 0 aromatic heterocycles. The van der Waals surface area contributed by atoms with Crippen LogP contribution in [0, 0.1) is 6.92 Å². The van der Waals surface area contributed by atoms with E-state index in [0.29, 0.717) is 6.04 Å². The summed E-state index contributed by atoms with van der Waals surface area (Å²) in [5.74, 6) is 0. The molecule has 0 saturated carbocycles. The molecule has 0 heterocycles. The number of rotatable bonds is 8. The molecule has 2 nitrogen and oxygen atoms in total. The van der Waals surface area contributed by atoms with Gasteiger partial charge in [-0.05, 0) is 58.2 Å². The first-order valence-electron chi connectivity index (χ1n) is 7.43. The van der Waals surface area contributed by atoms with Crippen molar-refractivity contribution in [2.45, 2.75) is 59.1 Å². The largest absolute Gasteiger partial charge is 0.374 e. The maximum atomic E-state index is 5.94. The maximum absolute atomic E-state index is 5.94. The number of hydrogen-bond donors (Lipinski definition) is 1. The van der Waals surface area contributed by atoms with E-state index < -0.39 is 0 Å². The number of aryl methyl sites for hydroxylation is 1. The van der Waals surface area contributed by atoms with Crippen molar-refractivity contribution in [3.63, 3.8) is 0 Å². The van der Waals surface area contributed by atoms with E-state index in [-0.39, 0.29) is 5.60 Å². The highest BCUT2D eigenvalue weighted by atomic mass is 16.5. The molecule has 0 radical (unpaired) electrons. The van der Waals surface area contributed by atoms with Crippen LogP contribution in [0.3, 0.4) is 0 Å². The summed E-state index contributed by atoms with van der Waals surface area (Å²) in [5, 5.41) is 3.65. The summed E-state index contributed by atoms with van der Waals surface area (Å²) in [5.41, 5.74) is 2.62. The predicted octanol–water partition coefficient (Wildman–Crippen LogP) is 3.72. The fourth-order valence-electron chi connectivity index (χ4n) is 2.41. The SMILES string of the molecule is CCCNC(Cc1ccccc1C)C(C)(C)OCC.